The van der Waals surface area contributed by atoms with Crippen molar-refractivity contribution in [2.24, 2.45) is 23.2 Å². The molecule has 116 valence electrons. The maximum absolute atomic E-state index is 11.6. The highest BCUT2D eigenvalue weighted by atomic mass is 16.5. The summed E-state index contributed by atoms with van der Waals surface area (Å²) in [5, 5.41) is 0. The van der Waals surface area contributed by atoms with Gasteiger partial charge in [-0.2, -0.15) is 0 Å². The Bertz CT molecular complexity index is 409. The van der Waals surface area contributed by atoms with Gasteiger partial charge in [0.1, 0.15) is 0 Å². The Morgan fingerprint density at radius 1 is 1.19 bits per heavy atom. The number of hydrogen-bond acceptors (Lipinski definition) is 2. The first-order valence-electron chi connectivity index (χ1n) is 8.69. The number of hydrogen-bond donors (Lipinski definition) is 0. The highest BCUT2D eigenvalue weighted by molar-refractivity contribution is 5.87. The summed E-state index contributed by atoms with van der Waals surface area (Å²) < 4.78 is 6.28. The van der Waals surface area contributed by atoms with Crippen molar-refractivity contribution in [2.75, 3.05) is 19.7 Å². The average Bonchev–Trinajstić information content (AvgIpc) is 2.92. The average molecular weight is 289 g/mol. The number of carbonyl (C=O) groups excluding carboxylic acids is 1. The molecule has 4 bridgehead atoms. The molecule has 21 heavy (non-hydrogen) atoms. The van der Waals surface area contributed by atoms with Crippen LogP contribution < -0.4 is 0 Å². The Kier molecular flexibility index (Phi) is 3.36. The molecule has 1 saturated heterocycles. The minimum absolute atomic E-state index is 0.0518. The third-order valence-electron chi connectivity index (χ3n) is 6.42. The summed E-state index contributed by atoms with van der Waals surface area (Å²) in [6.45, 7) is 6.10. The molecule has 5 aliphatic rings. The number of amides is 1. The van der Waals surface area contributed by atoms with E-state index in [-0.39, 0.29) is 12.0 Å². The van der Waals surface area contributed by atoms with Crippen LogP contribution in [-0.4, -0.2) is 36.6 Å². The molecule has 0 aromatic rings. The van der Waals surface area contributed by atoms with Gasteiger partial charge in [0.05, 0.1) is 12.7 Å². The first kappa shape index (κ1) is 13.8. The molecule has 1 aliphatic heterocycles. The normalized spacial score (nSPS) is 44.3. The van der Waals surface area contributed by atoms with Crippen molar-refractivity contribution in [3.05, 3.63) is 12.7 Å². The summed E-state index contributed by atoms with van der Waals surface area (Å²) in [4.78, 5) is 13.5. The molecule has 0 spiro atoms. The SMILES string of the molecule is C=CC(=O)N1CCC(OCC23CC4CC(CC(C4)C2)C3)C1. The molecule has 5 fully saturated rings. The maximum Gasteiger partial charge on any atom is 0.246 e. The lowest BCUT2D eigenvalue weighted by molar-refractivity contribution is -0.126. The van der Waals surface area contributed by atoms with Gasteiger partial charge < -0.3 is 9.64 Å². The molecule has 3 heteroatoms. The number of carbonyl (C=O) groups is 1. The number of likely N-dealkylation sites (tertiary alicyclic amines) is 1. The van der Waals surface area contributed by atoms with E-state index in [9.17, 15) is 4.79 Å². The molecule has 4 saturated carbocycles. The van der Waals surface area contributed by atoms with Gasteiger partial charge in [-0.1, -0.05) is 6.58 Å². The van der Waals surface area contributed by atoms with Gasteiger partial charge in [-0.15, -0.1) is 0 Å². The van der Waals surface area contributed by atoms with E-state index < -0.39 is 0 Å². The van der Waals surface area contributed by atoms with E-state index in [1.807, 2.05) is 4.90 Å². The molecule has 0 aromatic carbocycles. The Morgan fingerprint density at radius 2 is 1.81 bits per heavy atom. The van der Waals surface area contributed by atoms with E-state index in [0.29, 0.717) is 5.41 Å². The molecule has 0 radical (unpaired) electrons. The van der Waals surface area contributed by atoms with E-state index in [4.69, 9.17) is 4.74 Å². The lowest BCUT2D eigenvalue weighted by Gasteiger charge is -2.56. The van der Waals surface area contributed by atoms with Crippen LogP contribution in [0.4, 0.5) is 0 Å². The van der Waals surface area contributed by atoms with Crippen LogP contribution in [0.5, 0.6) is 0 Å². The van der Waals surface area contributed by atoms with E-state index in [1.54, 1.807) is 0 Å². The van der Waals surface area contributed by atoms with Crippen molar-refractivity contribution < 1.29 is 9.53 Å². The van der Waals surface area contributed by atoms with Gasteiger partial charge in [0.25, 0.3) is 0 Å². The van der Waals surface area contributed by atoms with Crippen LogP contribution in [0, 0.1) is 23.2 Å². The summed E-state index contributed by atoms with van der Waals surface area (Å²) in [7, 11) is 0. The highest BCUT2D eigenvalue weighted by Crippen LogP contribution is 2.60. The Morgan fingerprint density at radius 3 is 2.38 bits per heavy atom. The van der Waals surface area contributed by atoms with Crippen LogP contribution >= 0.6 is 0 Å². The Hall–Kier alpha value is -0.830. The molecule has 1 amide bonds. The zero-order chi connectivity index (χ0) is 14.4. The first-order valence-corrected chi connectivity index (χ1v) is 8.69. The highest BCUT2D eigenvalue weighted by Gasteiger charge is 2.51. The van der Waals surface area contributed by atoms with E-state index in [1.165, 1.54) is 44.6 Å². The minimum atomic E-state index is 0.0518. The lowest BCUT2D eigenvalue weighted by atomic mass is 9.50. The molecule has 0 aromatic heterocycles. The number of ether oxygens (including phenoxy) is 1. The molecular weight excluding hydrogens is 262 g/mol. The fraction of sp³-hybridized carbons (Fsp3) is 0.833. The van der Waals surface area contributed by atoms with Crippen molar-refractivity contribution >= 4 is 5.91 Å². The maximum atomic E-state index is 11.6. The van der Waals surface area contributed by atoms with Gasteiger partial charge in [0, 0.05) is 13.1 Å². The molecule has 4 aliphatic carbocycles. The van der Waals surface area contributed by atoms with Crippen LogP contribution in [0.3, 0.4) is 0 Å². The van der Waals surface area contributed by atoms with Crippen LogP contribution in [0.15, 0.2) is 12.7 Å². The molecule has 5 rings (SSSR count). The van der Waals surface area contributed by atoms with E-state index >= 15 is 0 Å². The summed E-state index contributed by atoms with van der Waals surface area (Å²) in [6, 6.07) is 0. The van der Waals surface area contributed by atoms with Crippen molar-refractivity contribution in [1.82, 2.24) is 4.90 Å². The van der Waals surface area contributed by atoms with E-state index in [0.717, 1.165) is 43.9 Å². The summed E-state index contributed by atoms with van der Waals surface area (Å²) >= 11 is 0. The Labute approximate surface area is 127 Å². The minimum Gasteiger partial charge on any atom is -0.376 e. The summed E-state index contributed by atoms with van der Waals surface area (Å²) in [5.41, 5.74) is 0.491. The van der Waals surface area contributed by atoms with Gasteiger partial charge in [0.2, 0.25) is 5.91 Å². The molecule has 1 unspecified atom stereocenters. The topological polar surface area (TPSA) is 29.5 Å². The van der Waals surface area contributed by atoms with Crippen molar-refractivity contribution in [3.8, 4) is 0 Å². The van der Waals surface area contributed by atoms with Gasteiger partial charge in [-0.3, -0.25) is 4.79 Å². The summed E-state index contributed by atoms with van der Waals surface area (Å²) in [5.74, 6) is 3.02. The second-order valence-corrected chi connectivity index (χ2v) is 8.13. The first-order chi connectivity index (χ1) is 10.2. The van der Waals surface area contributed by atoms with Crippen LogP contribution in [0.2, 0.25) is 0 Å². The standard InChI is InChI=1S/C18H27NO2/c1-2-17(20)19-4-3-16(11-19)21-12-18-8-13-5-14(9-18)7-15(6-13)10-18/h2,13-16H,1,3-12H2. The third-order valence-corrected chi connectivity index (χ3v) is 6.42. The van der Waals surface area contributed by atoms with Gasteiger partial charge >= 0.3 is 0 Å². The van der Waals surface area contributed by atoms with Crippen molar-refractivity contribution in [1.29, 1.82) is 0 Å². The molecule has 1 heterocycles. The smallest absolute Gasteiger partial charge is 0.246 e. The number of rotatable bonds is 4. The van der Waals surface area contributed by atoms with Gasteiger partial charge in [-0.05, 0) is 74.2 Å². The largest absolute Gasteiger partial charge is 0.376 e. The monoisotopic (exact) mass is 289 g/mol. The van der Waals surface area contributed by atoms with Gasteiger partial charge in [0.15, 0.2) is 0 Å². The predicted octanol–water partition coefficient (Wildman–Crippen LogP) is 3.01. The van der Waals surface area contributed by atoms with Gasteiger partial charge in [-0.25, -0.2) is 0 Å². The molecule has 1 atom stereocenters. The molecular formula is C18H27NO2. The fourth-order valence-corrected chi connectivity index (χ4v) is 5.95. The predicted molar refractivity (Wildman–Crippen MR) is 81.7 cm³/mol. The summed E-state index contributed by atoms with van der Waals surface area (Å²) in [6.07, 6.45) is 11.3. The van der Waals surface area contributed by atoms with Crippen LogP contribution in [-0.2, 0) is 9.53 Å². The number of nitrogens with zero attached hydrogens (tertiary/aromatic N) is 1. The van der Waals surface area contributed by atoms with E-state index in [2.05, 4.69) is 6.58 Å². The Balaban J connectivity index is 1.33. The fourth-order valence-electron chi connectivity index (χ4n) is 5.95. The molecule has 0 N–H and O–H groups in total. The second kappa shape index (κ2) is 5.12. The zero-order valence-electron chi connectivity index (χ0n) is 12.9. The lowest BCUT2D eigenvalue weighted by Crippen LogP contribution is -2.48. The molecule has 3 nitrogen and oxygen atoms in total. The third kappa shape index (κ3) is 2.54. The van der Waals surface area contributed by atoms with Crippen LogP contribution in [0.25, 0.3) is 0 Å². The van der Waals surface area contributed by atoms with Crippen molar-refractivity contribution in [2.45, 2.75) is 51.0 Å². The zero-order valence-corrected chi connectivity index (χ0v) is 12.9. The van der Waals surface area contributed by atoms with Crippen molar-refractivity contribution in [3.63, 3.8) is 0 Å². The quantitative estimate of drug-likeness (QED) is 0.745. The van der Waals surface area contributed by atoms with Crippen LogP contribution in [0.1, 0.15) is 44.9 Å². The second-order valence-electron chi connectivity index (χ2n) is 8.13.